The largest absolute Gasteiger partial charge is 0.283 e. The van der Waals surface area contributed by atoms with Crippen molar-refractivity contribution in [1.29, 1.82) is 0 Å². The molecule has 0 aliphatic heterocycles. The van der Waals surface area contributed by atoms with Crippen LogP contribution >= 0.6 is 0 Å². The van der Waals surface area contributed by atoms with Gasteiger partial charge in [-0.05, 0) is 37.5 Å². The molecule has 0 amide bonds. The first-order valence-corrected chi connectivity index (χ1v) is 8.44. The maximum atomic E-state index is 11.7. The Bertz CT molecular complexity index is 676. The summed E-state index contributed by atoms with van der Waals surface area (Å²) >= 11 is 0. The topological polar surface area (TPSA) is 106 Å². The summed E-state index contributed by atoms with van der Waals surface area (Å²) in [5, 5.41) is 4.69. The molecule has 0 unspecified atom stereocenters. The molecule has 1 aliphatic rings. The fourth-order valence-electron chi connectivity index (χ4n) is 1.60. The van der Waals surface area contributed by atoms with Gasteiger partial charge >= 0.3 is 0 Å². The van der Waals surface area contributed by atoms with E-state index in [2.05, 4.69) is 4.72 Å². The molecule has 1 aromatic carbocycles. The van der Waals surface area contributed by atoms with Crippen molar-refractivity contribution in [2.45, 2.75) is 29.9 Å². The number of rotatable bonds is 4. The summed E-state index contributed by atoms with van der Waals surface area (Å²) in [6.07, 6.45) is 1.28. The maximum absolute atomic E-state index is 11.7. The van der Waals surface area contributed by atoms with Gasteiger partial charge in [-0.3, -0.25) is 4.72 Å². The van der Waals surface area contributed by atoms with Gasteiger partial charge in [-0.25, -0.2) is 22.0 Å². The number of benzene rings is 1. The second-order valence-electron chi connectivity index (χ2n) is 4.37. The number of primary sulfonamides is 1. The second kappa shape index (κ2) is 4.22. The molecular weight excluding hydrogens is 276 g/mol. The van der Waals surface area contributed by atoms with Crippen molar-refractivity contribution in [1.82, 2.24) is 0 Å². The molecule has 0 heterocycles. The molecule has 0 radical (unpaired) electrons. The van der Waals surface area contributed by atoms with Crippen molar-refractivity contribution in [3.63, 3.8) is 0 Å². The molecule has 8 heteroatoms. The van der Waals surface area contributed by atoms with E-state index in [1.807, 2.05) is 0 Å². The zero-order valence-corrected chi connectivity index (χ0v) is 11.4. The predicted molar refractivity (Wildman–Crippen MR) is 68.1 cm³/mol. The average Bonchev–Trinajstić information content (AvgIpc) is 3.02. The Morgan fingerprint density at radius 1 is 1.22 bits per heavy atom. The van der Waals surface area contributed by atoms with Gasteiger partial charge in [0.05, 0.1) is 10.1 Å². The minimum Gasteiger partial charge on any atom is -0.283 e. The van der Waals surface area contributed by atoms with Crippen LogP contribution in [0, 0.1) is 6.92 Å². The minimum atomic E-state index is -3.85. The van der Waals surface area contributed by atoms with E-state index in [0.717, 1.165) is 0 Å². The molecule has 0 atom stereocenters. The van der Waals surface area contributed by atoms with Crippen molar-refractivity contribution in [3.05, 3.63) is 23.8 Å². The monoisotopic (exact) mass is 290 g/mol. The summed E-state index contributed by atoms with van der Waals surface area (Å²) in [5.41, 5.74) is 0.698. The van der Waals surface area contributed by atoms with Crippen molar-refractivity contribution in [2.24, 2.45) is 5.14 Å². The maximum Gasteiger partial charge on any atom is 0.238 e. The van der Waals surface area contributed by atoms with Gasteiger partial charge in [0.2, 0.25) is 20.0 Å². The van der Waals surface area contributed by atoms with Crippen LogP contribution in [-0.4, -0.2) is 22.1 Å². The van der Waals surface area contributed by atoms with E-state index in [-0.39, 0.29) is 15.8 Å². The zero-order chi connectivity index (χ0) is 13.6. The van der Waals surface area contributed by atoms with E-state index in [1.54, 1.807) is 6.92 Å². The van der Waals surface area contributed by atoms with E-state index >= 15 is 0 Å². The zero-order valence-electron chi connectivity index (χ0n) is 9.75. The molecule has 0 saturated heterocycles. The van der Waals surface area contributed by atoms with Crippen molar-refractivity contribution in [3.8, 4) is 0 Å². The predicted octanol–water partition coefficient (Wildman–Crippen LogP) is 0.547. The first-order valence-electron chi connectivity index (χ1n) is 5.35. The number of nitrogens with two attached hydrogens (primary N) is 1. The quantitative estimate of drug-likeness (QED) is 0.844. The molecule has 1 aliphatic carbocycles. The number of sulfonamides is 2. The van der Waals surface area contributed by atoms with Gasteiger partial charge in [0.1, 0.15) is 0 Å². The van der Waals surface area contributed by atoms with Gasteiger partial charge in [-0.1, -0.05) is 6.07 Å². The lowest BCUT2D eigenvalue weighted by atomic mass is 10.2. The third-order valence-corrected chi connectivity index (χ3v) is 5.64. The number of hydrogen-bond acceptors (Lipinski definition) is 4. The van der Waals surface area contributed by atoms with Crippen LogP contribution in [0.4, 0.5) is 5.69 Å². The van der Waals surface area contributed by atoms with Crippen LogP contribution in [0.25, 0.3) is 0 Å². The highest BCUT2D eigenvalue weighted by atomic mass is 32.2. The van der Waals surface area contributed by atoms with Crippen LogP contribution in [0.1, 0.15) is 18.4 Å². The van der Waals surface area contributed by atoms with Gasteiger partial charge < -0.3 is 0 Å². The Hall–Kier alpha value is -1.12. The molecule has 0 aromatic heterocycles. The summed E-state index contributed by atoms with van der Waals surface area (Å²) in [6.45, 7) is 1.60. The van der Waals surface area contributed by atoms with E-state index in [9.17, 15) is 16.8 Å². The Balaban J connectivity index is 2.36. The van der Waals surface area contributed by atoms with E-state index in [1.165, 1.54) is 18.2 Å². The fourth-order valence-corrected chi connectivity index (χ4v) is 3.78. The van der Waals surface area contributed by atoms with Crippen LogP contribution in [0.5, 0.6) is 0 Å². The lowest BCUT2D eigenvalue weighted by molar-refractivity contribution is 0.595. The molecular formula is C10H14N2O4S2. The highest BCUT2D eigenvalue weighted by Gasteiger charge is 2.35. The number of aryl methyl sites for hydroxylation is 1. The van der Waals surface area contributed by atoms with Crippen molar-refractivity contribution >= 4 is 25.7 Å². The summed E-state index contributed by atoms with van der Waals surface area (Å²) in [7, 11) is -7.25. The molecule has 18 heavy (non-hydrogen) atoms. The molecule has 3 N–H and O–H groups in total. The smallest absolute Gasteiger partial charge is 0.238 e. The molecule has 100 valence electrons. The molecule has 1 saturated carbocycles. The summed E-state index contributed by atoms with van der Waals surface area (Å²) in [4.78, 5) is -0.0708. The van der Waals surface area contributed by atoms with E-state index in [4.69, 9.17) is 5.14 Å². The third-order valence-electron chi connectivity index (χ3n) is 2.72. The Morgan fingerprint density at radius 2 is 1.83 bits per heavy atom. The third kappa shape index (κ3) is 2.82. The van der Waals surface area contributed by atoms with Gasteiger partial charge in [0.25, 0.3) is 0 Å². The lowest BCUT2D eigenvalue weighted by Crippen LogP contribution is -2.18. The summed E-state index contributed by atoms with van der Waals surface area (Å²) in [5.74, 6) is 0. The number of anilines is 1. The normalized spacial score (nSPS) is 16.6. The molecule has 1 aromatic rings. The summed E-state index contributed by atoms with van der Waals surface area (Å²) in [6, 6.07) is 4.28. The molecule has 0 spiro atoms. The van der Waals surface area contributed by atoms with Gasteiger partial charge in [-0.15, -0.1) is 0 Å². The Labute approximate surface area is 106 Å². The number of hydrogen-bond donors (Lipinski definition) is 2. The van der Waals surface area contributed by atoms with Crippen LogP contribution in [0.3, 0.4) is 0 Å². The number of nitrogens with one attached hydrogen (secondary N) is 1. The highest BCUT2D eigenvalue weighted by Crippen LogP contribution is 2.30. The van der Waals surface area contributed by atoms with Gasteiger partial charge in [0.15, 0.2) is 0 Å². The van der Waals surface area contributed by atoms with E-state index < -0.39 is 20.0 Å². The summed E-state index contributed by atoms with van der Waals surface area (Å²) < 4.78 is 48.4. The minimum absolute atomic E-state index is 0.0708. The lowest BCUT2D eigenvalue weighted by Gasteiger charge is -2.09. The van der Waals surface area contributed by atoms with Crippen LogP contribution in [0.2, 0.25) is 0 Å². The van der Waals surface area contributed by atoms with Gasteiger partial charge in [-0.2, -0.15) is 0 Å². The standard InChI is InChI=1S/C10H14N2O4S2/c1-7-2-3-8(6-10(7)17(11,13)14)12-18(15,16)9-4-5-9/h2-3,6,9,12H,4-5H2,1H3,(H2,11,13,14). The van der Waals surface area contributed by atoms with Crippen molar-refractivity contribution in [2.75, 3.05) is 4.72 Å². The van der Waals surface area contributed by atoms with E-state index in [0.29, 0.717) is 18.4 Å². The van der Waals surface area contributed by atoms with Crippen molar-refractivity contribution < 1.29 is 16.8 Å². The fraction of sp³-hybridized carbons (Fsp3) is 0.400. The average molecular weight is 290 g/mol. The first-order chi connectivity index (χ1) is 8.20. The SMILES string of the molecule is Cc1ccc(NS(=O)(=O)C2CC2)cc1S(N)(=O)=O. The van der Waals surface area contributed by atoms with Crippen LogP contribution in [0.15, 0.2) is 23.1 Å². The Kier molecular flexibility index (Phi) is 3.12. The van der Waals surface area contributed by atoms with Crippen LogP contribution in [-0.2, 0) is 20.0 Å². The second-order valence-corrected chi connectivity index (χ2v) is 7.86. The first kappa shape index (κ1) is 13.3. The molecule has 6 nitrogen and oxygen atoms in total. The molecule has 2 rings (SSSR count). The highest BCUT2D eigenvalue weighted by molar-refractivity contribution is 7.93. The van der Waals surface area contributed by atoms with Gasteiger partial charge in [0, 0.05) is 5.69 Å². The van der Waals surface area contributed by atoms with Crippen LogP contribution < -0.4 is 9.86 Å². The molecule has 1 fully saturated rings. The Morgan fingerprint density at radius 3 is 2.33 bits per heavy atom. The molecule has 0 bridgehead atoms.